The van der Waals surface area contributed by atoms with E-state index < -0.39 is 0 Å². The summed E-state index contributed by atoms with van der Waals surface area (Å²) in [5, 5.41) is 0. The van der Waals surface area contributed by atoms with Crippen LogP contribution < -0.4 is 5.43 Å². The molecule has 1 aromatic rings. The molecular formula is C17H25NO3. The van der Waals surface area contributed by atoms with E-state index >= 15 is 0 Å². The second kappa shape index (κ2) is 6.04. The Labute approximate surface area is 126 Å². The van der Waals surface area contributed by atoms with Gasteiger partial charge in [0.2, 0.25) is 0 Å². The van der Waals surface area contributed by atoms with Gasteiger partial charge < -0.3 is 9.32 Å². The monoisotopic (exact) mass is 291 g/mol. The summed E-state index contributed by atoms with van der Waals surface area (Å²) in [4.78, 5) is 25.8. The maximum atomic E-state index is 12.5. The number of hydrogen-bond acceptors (Lipinski definition) is 3. The maximum Gasteiger partial charge on any atom is 0.289 e. The van der Waals surface area contributed by atoms with Gasteiger partial charge in [-0.25, -0.2) is 0 Å². The van der Waals surface area contributed by atoms with Crippen molar-refractivity contribution >= 4 is 5.91 Å². The molecule has 2 rings (SSSR count). The number of nitrogens with zero attached hydrogens (tertiary/aromatic N) is 1. The number of amides is 1. The van der Waals surface area contributed by atoms with Crippen LogP contribution in [0.3, 0.4) is 0 Å². The Kier molecular flexibility index (Phi) is 4.55. The summed E-state index contributed by atoms with van der Waals surface area (Å²) < 4.78 is 5.42. The van der Waals surface area contributed by atoms with Gasteiger partial charge in [-0.1, -0.05) is 20.8 Å². The van der Waals surface area contributed by atoms with Gasteiger partial charge >= 0.3 is 0 Å². The first-order chi connectivity index (χ1) is 9.77. The fourth-order valence-corrected chi connectivity index (χ4v) is 3.03. The Balaban J connectivity index is 2.12. The molecule has 0 spiro atoms. The molecule has 0 unspecified atom stereocenters. The SMILES string of the molecule is Cc1cc(=O)cc(C(=O)N2CCC[C@H](C(C)(C)C)CC2)o1. The van der Waals surface area contributed by atoms with Crippen LogP contribution in [0.25, 0.3) is 0 Å². The highest BCUT2D eigenvalue weighted by molar-refractivity contribution is 5.91. The summed E-state index contributed by atoms with van der Waals surface area (Å²) in [7, 11) is 0. The molecule has 0 bridgehead atoms. The zero-order valence-corrected chi connectivity index (χ0v) is 13.4. The summed E-state index contributed by atoms with van der Waals surface area (Å²) in [6.07, 6.45) is 3.15. The third kappa shape index (κ3) is 3.96. The minimum Gasteiger partial charge on any atom is -0.456 e. The molecule has 4 heteroatoms. The van der Waals surface area contributed by atoms with E-state index in [9.17, 15) is 9.59 Å². The molecule has 1 aliphatic heterocycles. The van der Waals surface area contributed by atoms with E-state index in [2.05, 4.69) is 20.8 Å². The van der Waals surface area contributed by atoms with Gasteiger partial charge in [0.15, 0.2) is 11.2 Å². The second-order valence-corrected chi connectivity index (χ2v) is 7.05. The van der Waals surface area contributed by atoms with E-state index in [1.54, 1.807) is 6.92 Å². The predicted octanol–water partition coefficient (Wildman–Crippen LogP) is 3.24. The van der Waals surface area contributed by atoms with Crippen molar-refractivity contribution in [2.75, 3.05) is 13.1 Å². The molecule has 0 saturated carbocycles. The van der Waals surface area contributed by atoms with Gasteiger partial charge in [-0.2, -0.15) is 0 Å². The highest BCUT2D eigenvalue weighted by Crippen LogP contribution is 2.34. The van der Waals surface area contributed by atoms with Gasteiger partial charge in [0.05, 0.1) is 0 Å². The molecule has 0 radical (unpaired) electrons. The van der Waals surface area contributed by atoms with Crippen molar-refractivity contribution in [1.82, 2.24) is 4.90 Å². The zero-order valence-electron chi connectivity index (χ0n) is 13.4. The van der Waals surface area contributed by atoms with Gasteiger partial charge in [0.1, 0.15) is 5.76 Å². The van der Waals surface area contributed by atoms with Crippen molar-refractivity contribution in [1.29, 1.82) is 0 Å². The lowest BCUT2D eigenvalue weighted by Crippen LogP contribution is -2.33. The molecule has 1 aliphatic rings. The van der Waals surface area contributed by atoms with Gasteiger partial charge in [-0.15, -0.1) is 0 Å². The Morgan fingerprint density at radius 2 is 1.95 bits per heavy atom. The molecular weight excluding hydrogens is 266 g/mol. The standard InChI is InChI=1S/C17H25NO3/c1-12-10-14(19)11-15(21-12)16(20)18-8-5-6-13(7-9-18)17(2,3)4/h10-11,13H,5-9H2,1-4H3/t13-/m0/s1. The van der Waals surface area contributed by atoms with E-state index in [0.29, 0.717) is 11.7 Å². The van der Waals surface area contributed by atoms with Gasteiger partial charge in [-0.3, -0.25) is 9.59 Å². The molecule has 0 N–H and O–H groups in total. The lowest BCUT2D eigenvalue weighted by Gasteiger charge is -2.29. The van der Waals surface area contributed by atoms with Crippen molar-refractivity contribution in [3.63, 3.8) is 0 Å². The number of hydrogen-bond donors (Lipinski definition) is 0. The van der Waals surface area contributed by atoms with E-state index in [1.807, 2.05) is 4.90 Å². The minimum absolute atomic E-state index is 0.161. The molecule has 1 aromatic heterocycles. The summed E-state index contributed by atoms with van der Waals surface area (Å²) >= 11 is 0. The Bertz CT molecular complexity index is 568. The molecule has 1 fully saturated rings. The maximum absolute atomic E-state index is 12.5. The van der Waals surface area contributed by atoms with Crippen molar-refractivity contribution in [2.24, 2.45) is 11.3 Å². The lowest BCUT2D eigenvalue weighted by atomic mass is 9.77. The van der Waals surface area contributed by atoms with Crippen molar-refractivity contribution in [3.8, 4) is 0 Å². The topological polar surface area (TPSA) is 50.5 Å². The summed E-state index contributed by atoms with van der Waals surface area (Å²) in [6.45, 7) is 9.94. The average molecular weight is 291 g/mol. The third-order valence-electron chi connectivity index (χ3n) is 4.34. The molecule has 116 valence electrons. The largest absolute Gasteiger partial charge is 0.456 e. The van der Waals surface area contributed by atoms with Crippen LogP contribution >= 0.6 is 0 Å². The summed E-state index contributed by atoms with van der Waals surface area (Å²) in [5.74, 6) is 1.10. The Morgan fingerprint density at radius 3 is 2.57 bits per heavy atom. The van der Waals surface area contributed by atoms with Gasteiger partial charge in [0, 0.05) is 25.2 Å². The molecule has 1 amide bonds. The van der Waals surface area contributed by atoms with Gasteiger partial charge in [-0.05, 0) is 37.5 Å². The van der Waals surface area contributed by atoms with Crippen molar-refractivity contribution in [3.05, 3.63) is 33.9 Å². The van der Waals surface area contributed by atoms with Crippen molar-refractivity contribution in [2.45, 2.75) is 47.0 Å². The van der Waals surface area contributed by atoms with E-state index in [-0.39, 0.29) is 22.5 Å². The number of likely N-dealkylation sites (tertiary alicyclic amines) is 1. The predicted molar refractivity (Wildman–Crippen MR) is 82.4 cm³/mol. The van der Waals surface area contributed by atoms with Crippen LogP contribution in [0.2, 0.25) is 0 Å². The van der Waals surface area contributed by atoms with Crippen LogP contribution in [0.4, 0.5) is 0 Å². The van der Waals surface area contributed by atoms with Crippen LogP contribution in [0, 0.1) is 18.3 Å². The van der Waals surface area contributed by atoms with Crippen LogP contribution in [0.5, 0.6) is 0 Å². The van der Waals surface area contributed by atoms with E-state index in [4.69, 9.17) is 4.42 Å². The molecule has 2 heterocycles. The quantitative estimate of drug-likeness (QED) is 0.798. The summed E-state index contributed by atoms with van der Waals surface area (Å²) in [6, 6.07) is 2.69. The molecule has 0 aromatic carbocycles. The Hall–Kier alpha value is -1.58. The third-order valence-corrected chi connectivity index (χ3v) is 4.34. The van der Waals surface area contributed by atoms with Crippen LogP contribution in [-0.2, 0) is 0 Å². The first-order valence-corrected chi connectivity index (χ1v) is 7.68. The number of carbonyl (C=O) groups is 1. The fourth-order valence-electron chi connectivity index (χ4n) is 3.03. The van der Waals surface area contributed by atoms with E-state index in [1.165, 1.54) is 12.1 Å². The number of aryl methyl sites for hydroxylation is 1. The molecule has 1 saturated heterocycles. The Morgan fingerprint density at radius 1 is 1.24 bits per heavy atom. The van der Waals surface area contributed by atoms with Crippen LogP contribution in [0.1, 0.15) is 56.3 Å². The first-order valence-electron chi connectivity index (χ1n) is 7.68. The highest BCUT2D eigenvalue weighted by Gasteiger charge is 2.29. The zero-order chi connectivity index (χ0) is 15.6. The molecule has 0 aliphatic carbocycles. The molecule has 21 heavy (non-hydrogen) atoms. The van der Waals surface area contributed by atoms with E-state index in [0.717, 1.165) is 32.4 Å². The first kappa shape index (κ1) is 15.8. The van der Waals surface area contributed by atoms with Crippen molar-refractivity contribution < 1.29 is 9.21 Å². The van der Waals surface area contributed by atoms with Crippen LogP contribution in [-0.4, -0.2) is 23.9 Å². The van der Waals surface area contributed by atoms with Crippen LogP contribution in [0.15, 0.2) is 21.3 Å². The molecule has 1 atom stereocenters. The minimum atomic E-state index is -0.176. The highest BCUT2D eigenvalue weighted by atomic mass is 16.3. The fraction of sp³-hybridized carbons (Fsp3) is 0.647. The number of carbonyl (C=O) groups excluding carboxylic acids is 1. The van der Waals surface area contributed by atoms with Gasteiger partial charge in [0.25, 0.3) is 5.91 Å². The normalized spacial score (nSPS) is 20.2. The number of rotatable bonds is 1. The second-order valence-electron chi connectivity index (χ2n) is 7.05. The average Bonchev–Trinajstić information content (AvgIpc) is 2.61. The summed E-state index contributed by atoms with van der Waals surface area (Å²) in [5.41, 5.74) is 0.0964. The smallest absolute Gasteiger partial charge is 0.289 e. The lowest BCUT2D eigenvalue weighted by molar-refractivity contribution is 0.0719. The molecule has 4 nitrogen and oxygen atoms in total.